The van der Waals surface area contributed by atoms with Crippen LogP contribution in [0.2, 0.25) is 0 Å². The van der Waals surface area contributed by atoms with Gasteiger partial charge in [0.25, 0.3) is 5.91 Å². The Bertz CT molecular complexity index is 581. The van der Waals surface area contributed by atoms with Crippen LogP contribution in [0.4, 0.5) is 5.00 Å². The third kappa shape index (κ3) is 5.35. The summed E-state index contributed by atoms with van der Waals surface area (Å²) in [5, 5.41) is 15.0. The topological polar surface area (TPSA) is 95.5 Å². The maximum atomic E-state index is 12.4. The Labute approximate surface area is 140 Å². The van der Waals surface area contributed by atoms with Crippen molar-refractivity contribution in [2.24, 2.45) is 5.92 Å². The lowest BCUT2D eigenvalue weighted by Gasteiger charge is -2.18. The number of rotatable bonds is 8. The molecule has 1 unspecified atom stereocenters. The second-order valence-corrected chi connectivity index (χ2v) is 6.78. The van der Waals surface area contributed by atoms with Gasteiger partial charge in [0.1, 0.15) is 11.0 Å². The number of carboxylic acid groups (broad SMARTS) is 1. The van der Waals surface area contributed by atoms with Gasteiger partial charge in [-0.25, -0.2) is 4.79 Å². The molecule has 0 saturated heterocycles. The molecule has 0 radical (unpaired) electrons. The number of aryl methyl sites for hydroxylation is 1. The summed E-state index contributed by atoms with van der Waals surface area (Å²) in [6, 6.07) is 0.743. The maximum Gasteiger partial charge on any atom is 0.326 e. The monoisotopic (exact) mass is 340 g/mol. The van der Waals surface area contributed by atoms with E-state index in [4.69, 9.17) is 0 Å². The van der Waals surface area contributed by atoms with Gasteiger partial charge in [-0.15, -0.1) is 11.3 Å². The number of carboxylic acids is 1. The van der Waals surface area contributed by atoms with Crippen LogP contribution in [0.3, 0.4) is 0 Å². The average Bonchev–Trinajstić information content (AvgIpc) is 2.87. The first-order chi connectivity index (χ1) is 10.8. The van der Waals surface area contributed by atoms with E-state index in [9.17, 15) is 19.5 Å². The standard InChI is InChI=1S/C16H24N2O4S/c1-5-7-12(19)17-15-11(8-10(6-2)23-15)14(20)18-13(9(3)4)16(21)22/h8-9,13H,5-7H2,1-4H3,(H,17,19)(H,18,20)(H,21,22). The molecule has 0 saturated carbocycles. The molecule has 0 spiro atoms. The Morgan fingerprint density at radius 1 is 1.26 bits per heavy atom. The quantitative estimate of drug-likeness (QED) is 0.678. The van der Waals surface area contributed by atoms with Crippen LogP contribution in [-0.2, 0) is 16.0 Å². The van der Waals surface area contributed by atoms with Crippen LogP contribution in [0, 0.1) is 5.92 Å². The number of carbonyl (C=O) groups is 3. The number of carbonyl (C=O) groups excluding carboxylic acids is 2. The van der Waals surface area contributed by atoms with E-state index in [-0.39, 0.29) is 11.8 Å². The summed E-state index contributed by atoms with van der Waals surface area (Å²) in [6.45, 7) is 7.32. The molecular weight excluding hydrogens is 316 g/mol. The first-order valence-corrected chi connectivity index (χ1v) is 8.57. The van der Waals surface area contributed by atoms with Crippen molar-refractivity contribution in [3.8, 4) is 0 Å². The van der Waals surface area contributed by atoms with Crippen molar-refractivity contribution in [2.75, 3.05) is 5.32 Å². The Morgan fingerprint density at radius 2 is 1.91 bits per heavy atom. The summed E-state index contributed by atoms with van der Waals surface area (Å²) in [6.07, 6.45) is 1.83. The number of hydrogen-bond donors (Lipinski definition) is 3. The zero-order valence-electron chi connectivity index (χ0n) is 13.9. The van der Waals surface area contributed by atoms with Crippen LogP contribution >= 0.6 is 11.3 Å². The van der Waals surface area contributed by atoms with Crippen molar-refractivity contribution in [1.82, 2.24) is 5.32 Å². The highest BCUT2D eigenvalue weighted by Crippen LogP contribution is 2.29. The number of aliphatic carboxylic acids is 1. The van der Waals surface area contributed by atoms with Gasteiger partial charge in [-0.1, -0.05) is 27.7 Å². The zero-order valence-corrected chi connectivity index (χ0v) is 14.8. The molecule has 1 aromatic rings. The van der Waals surface area contributed by atoms with Crippen molar-refractivity contribution < 1.29 is 19.5 Å². The normalized spacial score (nSPS) is 12.0. The van der Waals surface area contributed by atoms with Gasteiger partial charge in [-0.3, -0.25) is 9.59 Å². The molecule has 0 aliphatic heterocycles. The molecule has 6 nitrogen and oxygen atoms in total. The molecule has 23 heavy (non-hydrogen) atoms. The maximum absolute atomic E-state index is 12.4. The van der Waals surface area contributed by atoms with Gasteiger partial charge in [0, 0.05) is 11.3 Å². The summed E-state index contributed by atoms with van der Waals surface area (Å²) < 4.78 is 0. The van der Waals surface area contributed by atoms with Gasteiger partial charge in [0.2, 0.25) is 5.91 Å². The van der Waals surface area contributed by atoms with Crippen molar-refractivity contribution in [1.29, 1.82) is 0 Å². The highest BCUT2D eigenvalue weighted by molar-refractivity contribution is 7.16. The summed E-state index contributed by atoms with van der Waals surface area (Å²) >= 11 is 1.35. The Balaban J connectivity index is 3.00. The molecule has 0 aromatic carbocycles. The van der Waals surface area contributed by atoms with Gasteiger partial charge in [-0.2, -0.15) is 0 Å². The molecular formula is C16H24N2O4S. The summed E-state index contributed by atoms with van der Waals surface area (Å²) in [7, 11) is 0. The highest BCUT2D eigenvalue weighted by atomic mass is 32.1. The molecule has 0 fully saturated rings. The minimum atomic E-state index is -1.07. The lowest BCUT2D eigenvalue weighted by atomic mass is 10.0. The third-order valence-electron chi connectivity index (χ3n) is 3.33. The number of hydrogen-bond acceptors (Lipinski definition) is 4. The highest BCUT2D eigenvalue weighted by Gasteiger charge is 2.26. The lowest BCUT2D eigenvalue weighted by molar-refractivity contribution is -0.140. The molecule has 3 N–H and O–H groups in total. The second-order valence-electron chi connectivity index (χ2n) is 5.64. The molecule has 0 aliphatic carbocycles. The molecule has 1 heterocycles. The average molecular weight is 340 g/mol. The van der Waals surface area contributed by atoms with Crippen LogP contribution in [0.5, 0.6) is 0 Å². The predicted molar refractivity (Wildman–Crippen MR) is 91.0 cm³/mol. The third-order valence-corrected chi connectivity index (χ3v) is 4.52. The fraction of sp³-hybridized carbons (Fsp3) is 0.562. The molecule has 128 valence electrons. The van der Waals surface area contributed by atoms with E-state index >= 15 is 0 Å². The van der Waals surface area contributed by atoms with Crippen molar-refractivity contribution >= 4 is 34.1 Å². The molecule has 2 amide bonds. The molecule has 1 atom stereocenters. The molecule has 1 rings (SSSR count). The van der Waals surface area contributed by atoms with Crippen LogP contribution in [-0.4, -0.2) is 28.9 Å². The first-order valence-electron chi connectivity index (χ1n) is 7.76. The van der Waals surface area contributed by atoms with Crippen LogP contribution in [0.25, 0.3) is 0 Å². The summed E-state index contributed by atoms with van der Waals surface area (Å²) in [5.41, 5.74) is 0.322. The smallest absolute Gasteiger partial charge is 0.326 e. The fourth-order valence-electron chi connectivity index (χ4n) is 2.03. The number of amides is 2. The predicted octanol–water partition coefficient (Wildman–Crippen LogP) is 2.89. The SMILES string of the molecule is CCCC(=O)Nc1sc(CC)cc1C(=O)NC(C(=O)O)C(C)C. The second kappa shape index (κ2) is 8.67. The van der Waals surface area contributed by atoms with E-state index in [1.165, 1.54) is 11.3 Å². The molecule has 7 heteroatoms. The molecule has 0 aliphatic rings. The van der Waals surface area contributed by atoms with Crippen LogP contribution in [0.1, 0.15) is 55.8 Å². The van der Waals surface area contributed by atoms with Gasteiger partial charge in [0.15, 0.2) is 0 Å². The van der Waals surface area contributed by atoms with Crippen LogP contribution in [0.15, 0.2) is 6.07 Å². The van der Waals surface area contributed by atoms with Crippen LogP contribution < -0.4 is 10.6 Å². The van der Waals surface area contributed by atoms with E-state index in [1.54, 1.807) is 19.9 Å². The number of nitrogens with one attached hydrogen (secondary N) is 2. The fourth-order valence-corrected chi connectivity index (χ4v) is 3.04. The largest absolute Gasteiger partial charge is 0.480 e. The van der Waals surface area contributed by atoms with Gasteiger partial charge >= 0.3 is 5.97 Å². The van der Waals surface area contributed by atoms with E-state index < -0.39 is 17.9 Å². The Hall–Kier alpha value is -1.89. The minimum Gasteiger partial charge on any atom is -0.480 e. The van der Waals surface area contributed by atoms with Gasteiger partial charge in [0.05, 0.1) is 5.56 Å². The van der Waals surface area contributed by atoms with Crippen molar-refractivity contribution in [3.63, 3.8) is 0 Å². The number of thiophene rings is 1. The van der Waals surface area contributed by atoms with Crippen molar-refractivity contribution in [3.05, 3.63) is 16.5 Å². The zero-order chi connectivity index (χ0) is 17.6. The first kappa shape index (κ1) is 19.2. The summed E-state index contributed by atoms with van der Waals surface area (Å²) in [4.78, 5) is 36.4. The van der Waals surface area contributed by atoms with E-state index in [0.29, 0.717) is 23.4 Å². The number of anilines is 1. The minimum absolute atomic E-state index is 0.148. The van der Waals surface area contributed by atoms with E-state index in [2.05, 4.69) is 10.6 Å². The lowest BCUT2D eigenvalue weighted by Crippen LogP contribution is -2.44. The van der Waals surface area contributed by atoms with Gasteiger partial charge in [-0.05, 0) is 24.8 Å². The van der Waals surface area contributed by atoms with Crippen molar-refractivity contribution in [2.45, 2.75) is 53.0 Å². The summed E-state index contributed by atoms with van der Waals surface area (Å²) in [5.74, 6) is -1.94. The molecule has 1 aromatic heterocycles. The Morgan fingerprint density at radius 3 is 2.39 bits per heavy atom. The molecule has 0 bridgehead atoms. The van der Waals surface area contributed by atoms with E-state index in [1.807, 2.05) is 13.8 Å². The Kier molecular flexibility index (Phi) is 7.22. The van der Waals surface area contributed by atoms with Gasteiger partial charge < -0.3 is 15.7 Å². The van der Waals surface area contributed by atoms with E-state index in [0.717, 1.165) is 11.3 Å².